The zero-order valence-corrected chi connectivity index (χ0v) is 20.8. The van der Waals surface area contributed by atoms with Gasteiger partial charge in [0.1, 0.15) is 6.17 Å². The molecule has 4 heterocycles. The van der Waals surface area contributed by atoms with Gasteiger partial charge in [-0.15, -0.1) is 0 Å². The number of hydrogen-bond acceptors (Lipinski definition) is 4. The third-order valence-electron chi connectivity index (χ3n) is 7.36. The monoisotopic (exact) mass is 493 g/mol. The van der Waals surface area contributed by atoms with Crippen LogP contribution in [-0.2, 0) is 0 Å². The molecular weight excluding hydrogens is 466 g/mol. The number of fused-ring (bicyclic) bond motifs is 2. The third kappa shape index (κ3) is 3.59. The van der Waals surface area contributed by atoms with E-state index in [1.807, 2.05) is 30.6 Å². The van der Waals surface area contributed by atoms with Crippen molar-refractivity contribution in [2.24, 2.45) is 0 Å². The minimum Gasteiger partial charge on any atom is -0.396 e. The number of benzene rings is 3. The molecule has 3 aromatic carbocycles. The van der Waals surface area contributed by atoms with Gasteiger partial charge in [0, 0.05) is 35.0 Å². The number of anilines is 2. The van der Waals surface area contributed by atoms with E-state index in [0.29, 0.717) is 6.54 Å². The Balaban J connectivity index is 1.37. The van der Waals surface area contributed by atoms with E-state index in [1.54, 1.807) is 0 Å². The fraction of sp³-hybridized carbons (Fsp3) is 0.0606. The molecule has 184 valence electrons. The van der Waals surface area contributed by atoms with E-state index in [1.165, 1.54) is 11.1 Å². The molecule has 5 heteroatoms. The van der Waals surface area contributed by atoms with Crippen LogP contribution in [0.15, 0.2) is 122 Å². The molecule has 38 heavy (non-hydrogen) atoms. The summed E-state index contributed by atoms with van der Waals surface area (Å²) in [5.41, 5.74) is 16.4. The Kier molecular flexibility index (Phi) is 5.33. The van der Waals surface area contributed by atoms with Gasteiger partial charge in [-0.05, 0) is 54.2 Å². The topological polar surface area (TPSA) is 59.1 Å². The molecule has 0 aliphatic carbocycles. The first-order valence-corrected chi connectivity index (χ1v) is 12.8. The molecule has 1 atom stereocenters. The van der Waals surface area contributed by atoms with Gasteiger partial charge >= 0.3 is 0 Å². The molecule has 3 N–H and O–H groups in total. The summed E-state index contributed by atoms with van der Waals surface area (Å²) in [6, 6.07) is 33.4. The van der Waals surface area contributed by atoms with Gasteiger partial charge in [-0.1, -0.05) is 72.8 Å². The first-order chi connectivity index (χ1) is 18.8. The summed E-state index contributed by atoms with van der Waals surface area (Å²) in [5.74, 6) is 0. The molecule has 0 saturated heterocycles. The van der Waals surface area contributed by atoms with Crippen LogP contribution in [0.2, 0.25) is 0 Å². The Labute approximate surface area is 221 Å². The molecule has 0 fully saturated rings. The first kappa shape index (κ1) is 22.2. The molecule has 5 nitrogen and oxygen atoms in total. The van der Waals surface area contributed by atoms with Crippen molar-refractivity contribution in [1.82, 2.24) is 14.9 Å². The summed E-state index contributed by atoms with van der Waals surface area (Å²) < 4.78 is 2.25. The molecule has 0 amide bonds. The number of nitrogens with one attached hydrogen (secondary N) is 1. The van der Waals surface area contributed by atoms with Crippen molar-refractivity contribution in [3.63, 3.8) is 0 Å². The molecule has 0 saturated carbocycles. The van der Waals surface area contributed by atoms with E-state index < -0.39 is 0 Å². The van der Waals surface area contributed by atoms with Gasteiger partial charge in [0.15, 0.2) is 0 Å². The van der Waals surface area contributed by atoms with Crippen molar-refractivity contribution >= 4 is 39.5 Å². The van der Waals surface area contributed by atoms with Crippen LogP contribution in [-0.4, -0.2) is 22.3 Å². The highest BCUT2D eigenvalue weighted by atomic mass is 15.3. The van der Waals surface area contributed by atoms with E-state index in [4.69, 9.17) is 10.7 Å². The predicted octanol–water partition coefficient (Wildman–Crippen LogP) is 6.49. The molecule has 0 bridgehead atoms. The lowest BCUT2D eigenvalue weighted by molar-refractivity contribution is 0.681. The molecule has 2 aliphatic rings. The van der Waals surface area contributed by atoms with E-state index in [0.717, 1.165) is 44.9 Å². The average molecular weight is 494 g/mol. The minimum absolute atomic E-state index is 0.0198. The van der Waals surface area contributed by atoms with Crippen LogP contribution in [0, 0.1) is 0 Å². The first-order valence-electron chi connectivity index (χ1n) is 12.8. The Morgan fingerprint density at radius 2 is 1.63 bits per heavy atom. The molecule has 1 unspecified atom stereocenters. The minimum atomic E-state index is -0.0198. The summed E-state index contributed by atoms with van der Waals surface area (Å²) in [7, 11) is 0. The van der Waals surface area contributed by atoms with Gasteiger partial charge in [-0.3, -0.25) is 4.98 Å². The van der Waals surface area contributed by atoms with Crippen molar-refractivity contribution in [3.8, 4) is 5.69 Å². The summed E-state index contributed by atoms with van der Waals surface area (Å²) in [4.78, 5) is 7.23. The lowest BCUT2D eigenvalue weighted by Crippen LogP contribution is -2.44. The van der Waals surface area contributed by atoms with Crippen LogP contribution in [0.3, 0.4) is 0 Å². The van der Waals surface area contributed by atoms with Crippen LogP contribution in [0.4, 0.5) is 11.4 Å². The molecule has 2 aromatic heterocycles. The van der Waals surface area contributed by atoms with Crippen molar-refractivity contribution in [1.29, 1.82) is 0 Å². The number of allylic oxidation sites excluding steroid dienone is 2. The summed E-state index contributed by atoms with van der Waals surface area (Å²) in [6.45, 7) is 0.706. The summed E-state index contributed by atoms with van der Waals surface area (Å²) in [6.07, 6.45) is 10.3. The van der Waals surface area contributed by atoms with Crippen molar-refractivity contribution in [2.45, 2.75) is 6.17 Å². The van der Waals surface area contributed by atoms with E-state index >= 15 is 0 Å². The molecule has 0 spiro atoms. The second-order valence-electron chi connectivity index (χ2n) is 9.57. The highest BCUT2D eigenvalue weighted by Crippen LogP contribution is 2.41. The Morgan fingerprint density at radius 1 is 0.868 bits per heavy atom. The average Bonchev–Trinajstić information content (AvgIpc) is 3.49. The van der Waals surface area contributed by atoms with Gasteiger partial charge in [-0.25, -0.2) is 0 Å². The normalized spacial score (nSPS) is 17.5. The predicted molar refractivity (Wildman–Crippen MR) is 158 cm³/mol. The van der Waals surface area contributed by atoms with Gasteiger partial charge in [0.05, 0.1) is 28.3 Å². The van der Waals surface area contributed by atoms with Crippen molar-refractivity contribution < 1.29 is 0 Å². The maximum absolute atomic E-state index is 6.82. The van der Waals surface area contributed by atoms with Gasteiger partial charge in [-0.2, -0.15) is 0 Å². The molecule has 5 aromatic rings. The fourth-order valence-corrected chi connectivity index (χ4v) is 5.63. The van der Waals surface area contributed by atoms with Crippen LogP contribution < -0.4 is 16.0 Å². The number of rotatable bonds is 4. The second kappa shape index (κ2) is 9.12. The maximum atomic E-state index is 6.82. The second-order valence-corrected chi connectivity index (χ2v) is 9.57. The number of para-hydroxylation sites is 2. The lowest BCUT2D eigenvalue weighted by atomic mass is 10.00. The summed E-state index contributed by atoms with van der Waals surface area (Å²) >= 11 is 0. The quantitative estimate of drug-likeness (QED) is 0.300. The highest BCUT2D eigenvalue weighted by molar-refractivity contribution is 6.02. The van der Waals surface area contributed by atoms with E-state index in [-0.39, 0.29) is 6.17 Å². The SMILES string of the molecule is Nc1c(/C=C2\CN(C3NC=CC=C3c3ccccc3)c3cccnc32)n(-c2ccccc2)c2ccccc12. The van der Waals surface area contributed by atoms with Crippen LogP contribution in [0.5, 0.6) is 0 Å². The largest absolute Gasteiger partial charge is 0.396 e. The lowest BCUT2D eigenvalue weighted by Gasteiger charge is -2.34. The fourth-order valence-electron chi connectivity index (χ4n) is 5.63. The van der Waals surface area contributed by atoms with E-state index in [9.17, 15) is 0 Å². The number of nitrogen functional groups attached to an aromatic ring is 1. The Hall–Kier alpha value is -5.03. The van der Waals surface area contributed by atoms with Gasteiger partial charge in [0.25, 0.3) is 0 Å². The van der Waals surface area contributed by atoms with Crippen molar-refractivity contribution in [3.05, 3.63) is 139 Å². The van der Waals surface area contributed by atoms with Gasteiger partial charge in [0.2, 0.25) is 0 Å². The van der Waals surface area contributed by atoms with E-state index in [2.05, 4.69) is 112 Å². The zero-order valence-electron chi connectivity index (χ0n) is 20.8. The number of nitrogens with two attached hydrogens (primary N) is 1. The van der Waals surface area contributed by atoms with Crippen molar-refractivity contribution in [2.75, 3.05) is 17.2 Å². The Morgan fingerprint density at radius 3 is 2.47 bits per heavy atom. The number of pyridine rings is 1. The smallest absolute Gasteiger partial charge is 0.126 e. The number of aromatic nitrogens is 2. The maximum Gasteiger partial charge on any atom is 0.126 e. The standard InChI is InChI=1S/C33H27N5/c34-31-27-15-7-8-17-28(27)38(25-13-5-2-6-14-25)30(31)21-24-22-37(29-18-10-19-35-32(24)29)33-26(16-9-20-36-33)23-11-3-1-4-12-23/h1-21,33,36H,22,34H2/b24-21+. The van der Waals surface area contributed by atoms with Crippen LogP contribution in [0.25, 0.3) is 33.8 Å². The molecule has 0 radical (unpaired) electrons. The molecule has 2 aliphatic heterocycles. The Bertz CT molecular complexity index is 1730. The third-order valence-corrected chi connectivity index (χ3v) is 7.36. The number of dihydropyridines is 1. The van der Waals surface area contributed by atoms with Crippen LogP contribution >= 0.6 is 0 Å². The summed E-state index contributed by atoms with van der Waals surface area (Å²) in [5, 5.41) is 4.65. The zero-order chi connectivity index (χ0) is 25.5. The highest BCUT2D eigenvalue weighted by Gasteiger charge is 2.33. The van der Waals surface area contributed by atoms with Crippen LogP contribution in [0.1, 0.15) is 17.0 Å². The van der Waals surface area contributed by atoms with Gasteiger partial charge < -0.3 is 20.5 Å². The molecular formula is C33H27N5. The number of hydrogen-bond donors (Lipinski definition) is 2. The molecule has 7 rings (SSSR count). The number of nitrogens with zero attached hydrogens (tertiary/aromatic N) is 3.